The molecule has 0 aliphatic rings. The summed E-state index contributed by atoms with van der Waals surface area (Å²) < 4.78 is 1.88. The summed E-state index contributed by atoms with van der Waals surface area (Å²) in [5.74, 6) is -0.905. The van der Waals surface area contributed by atoms with Gasteiger partial charge in [-0.25, -0.2) is 0 Å². The van der Waals surface area contributed by atoms with Crippen molar-refractivity contribution in [1.82, 2.24) is 14.5 Å². The first-order valence-electron chi connectivity index (χ1n) is 4.81. The lowest BCUT2D eigenvalue weighted by molar-refractivity contribution is -0.136. The molecule has 5 nitrogen and oxygen atoms in total. The normalized spacial score (nSPS) is 10.3. The molecule has 0 saturated carbocycles. The number of carboxylic acid groups (broad SMARTS) is 1. The van der Waals surface area contributed by atoms with Crippen molar-refractivity contribution in [3.8, 4) is 11.3 Å². The molecule has 1 N–H and O–H groups in total. The molecule has 5 heteroatoms. The number of aryl methyl sites for hydroxylation is 1. The molecule has 2 heterocycles. The van der Waals surface area contributed by atoms with Gasteiger partial charge < -0.3 is 9.67 Å². The molecule has 82 valence electrons. The Hall–Kier alpha value is -2.17. The van der Waals surface area contributed by atoms with Gasteiger partial charge >= 0.3 is 5.97 Å². The van der Waals surface area contributed by atoms with Crippen LogP contribution in [0.2, 0.25) is 0 Å². The molecule has 2 rings (SSSR count). The van der Waals surface area contributed by atoms with E-state index in [1.54, 1.807) is 6.20 Å². The molecular formula is C11H11N3O2. The lowest BCUT2D eigenvalue weighted by Gasteiger charge is -2.02. The van der Waals surface area contributed by atoms with Gasteiger partial charge in [-0.2, -0.15) is 0 Å². The predicted molar refractivity (Wildman–Crippen MR) is 57.8 cm³/mol. The van der Waals surface area contributed by atoms with Crippen molar-refractivity contribution >= 4 is 5.97 Å². The van der Waals surface area contributed by atoms with Gasteiger partial charge in [0, 0.05) is 37.4 Å². The third-order valence-corrected chi connectivity index (χ3v) is 2.20. The third kappa shape index (κ3) is 2.08. The van der Waals surface area contributed by atoms with Crippen molar-refractivity contribution in [2.45, 2.75) is 6.42 Å². The summed E-state index contributed by atoms with van der Waals surface area (Å²) in [7, 11) is 1.90. The van der Waals surface area contributed by atoms with Gasteiger partial charge in [0.15, 0.2) is 0 Å². The van der Waals surface area contributed by atoms with Gasteiger partial charge in [0.05, 0.1) is 17.8 Å². The molecule has 0 amide bonds. The Labute approximate surface area is 92.4 Å². The first-order chi connectivity index (χ1) is 7.66. The quantitative estimate of drug-likeness (QED) is 0.836. The van der Waals surface area contributed by atoms with E-state index >= 15 is 0 Å². The lowest BCUT2D eigenvalue weighted by Crippen LogP contribution is -2.05. The van der Waals surface area contributed by atoms with Crippen LogP contribution in [-0.4, -0.2) is 25.6 Å². The molecule has 0 atom stereocenters. The van der Waals surface area contributed by atoms with Crippen LogP contribution in [0.25, 0.3) is 11.3 Å². The van der Waals surface area contributed by atoms with Gasteiger partial charge in [-0.3, -0.25) is 14.8 Å². The number of carbonyl (C=O) groups is 1. The Kier molecular flexibility index (Phi) is 2.68. The molecule has 2 aromatic rings. The summed E-state index contributed by atoms with van der Waals surface area (Å²) in [6, 6.07) is 1.88. The van der Waals surface area contributed by atoms with E-state index in [0.717, 1.165) is 5.56 Å². The highest BCUT2D eigenvalue weighted by Crippen LogP contribution is 2.19. The molecule has 0 saturated heterocycles. The Bertz CT molecular complexity index is 519. The second-order valence-electron chi connectivity index (χ2n) is 3.49. The zero-order valence-electron chi connectivity index (χ0n) is 8.79. The fraction of sp³-hybridized carbons (Fsp3) is 0.182. The number of aromatic nitrogens is 3. The first kappa shape index (κ1) is 10.4. The summed E-state index contributed by atoms with van der Waals surface area (Å²) in [5.41, 5.74) is 2.00. The predicted octanol–water partition coefficient (Wildman–Crippen LogP) is 1.11. The smallest absolute Gasteiger partial charge is 0.309 e. The molecular weight excluding hydrogens is 206 g/mol. The highest BCUT2D eigenvalue weighted by atomic mass is 16.4. The Morgan fingerprint density at radius 1 is 1.44 bits per heavy atom. The highest BCUT2D eigenvalue weighted by Gasteiger charge is 2.11. The molecule has 0 spiro atoms. The van der Waals surface area contributed by atoms with Gasteiger partial charge in [0.2, 0.25) is 0 Å². The van der Waals surface area contributed by atoms with Crippen LogP contribution < -0.4 is 0 Å². The summed E-state index contributed by atoms with van der Waals surface area (Å²) in [4.78, 5) is 18.9. The van der Waals surface area contributed by atoms with E-state index in [4.69, 9.17) is 5.11 Å². The van der Waals surface area contributed by atoms with Gasteiger partial charge in [-0.15, -0.1) is 0 Å². The van der Waals surface area contributed by atoms with E-state index < -0.39 is 5.97 Å². The second-order valence-corrected chi connectivity index (χ2v) is 3.49. The minimum atomic E-state index is -0.905. The van der Waals surface area contributed by atoms with Crippen LogP contribution in [0.15, 0.2) is 30.9 Å². The molecule has 16 heavy (non-hydrogen) atoms. The minimum Gasteiger partial charge on any atom is -0.481 e. The number of hydrogen-bond donors (Lipinski definition) is 1. The molecule has 0 aliphatic carbocycles. The zero-order valence-corrected chi connectivity index (χ0v) is 8.79. The highest BCUT2D eigenvalue weighted by molar-refractivity contribution is 5.73. The number of nitrogens with zero attached hydrogens (tertiary/aromatic N) is 3. The van der Waals surface area contributed by atoms with Crippen molar-refractivity contribution in [2.75, 3.05) is 0 Å². The Morgan fingerprint density at radius 2 is 2.19 bits per heavy atom. The third-order valence-electron chi connectivity index (χ3n) is 2.20. The number of carboxylic acids is 1. The largest absolute Gasteiger partial charge is 0.481 e. The Morgan fingerprint density at radius 3 is 2.81 bits per heavy atom. The monoisotopic (exact) mass is 217 g/mol. The van der Waals surface area contributed by atoms with Crippen molar-refractivity contribution in [3.05, 3.63) is 36.5 Å². The van der Waals surface area contributed by atoms with E-state index in [9.17, 15) is 4.79 Å². The van der Waals surface area contributed by atoms with Crippen LogP contribution in [-0.2, 0) is 18.3 Å². The summed E-state index contributed by atoms with van der Waals surface area (Å²) in [6.45, 7) is 0. The minimum absolute atomic E-state index is 0.113. The van der Waals surface area contributed by atoms with Crippen molar-refractivity contribution in [2.24, 2.45) is 7.05 Å². The molecule has 0 radical (unpaired) electrons. The van der Waals surface area contributed by atoms with E-state index in [1.165, 1.54) is 6.20 Å². The van der Waals surface area contributed by atoms with Crippen molar-refractivity contribution in [1.29, 1.82) is 0 Å². The van der Waals surface area contributed by atoms with Crippen LogP contribution in [0.4, 0.5) is 0 Å². The number of aliphatic carboxylic acids is 1. The standard InChI is InChI=1S/C11H11N3O2/c1-14-5-2-8(7-14)11-9(6-10(15)16)12-3-4-13-11/h2-5,7H,6H2,1H3,(H,15,16). The SMILES string of the molecule is Cn1ccc(-c2nccnc2CC(=O)O)c1. The van der Waals surface area contributed by atoms with Gasteiger partial charge in [-0.1, -0.05) is 0 Å². The van der Waals surface area contributed by atoms with Crippen LogP contribution in [0.1, 0.15) is 5.69 Å². The lowest BCUT2D eigenvalue weighted by atomic mass is 10.1. The number of hydrogen-bond acceptors (Lipinski definition) is 3. The van der Waals surface area contributed by atoms with E-state index in [0.29, 0.717) is 11.4 Å². The fourth-order valence-corrected chi connectivity index (χ4v) is 1.52. The maximum Gasteiger partial charge on any atom is 0.309 e. The average molecular weight is 217 g/mol. The maximum atomic E-state index is 10.7. The molecule has 0 aromatic carbocycles. The van der Waals surface area contributed by atoms with Crippen LogP contribution >= 0.6 is 0 Å². The molecule has 0 fully saturated rings. The topological polar surface area (TPSA) is 68.0 Å². The average Bonchev–Trinajstić information content (AvgIpc) is 2.65. The van der Waals surface area contributed by atoms with Crippen molar-refractivity contribution < 1.29 is 9.90 Å². The summed E-state index contributed by atoms with van der Waals surface area (Å²) >= 11 is 0. The number of rotatable bonds is 3. The molecule has 2 aromatic heterocycles. The van der Waals surface area contributed by atoms with Crippen LogP contribution in [0, 0.1) is 0 Å². The molecule has 0 unspecified atom stereocenters. The first-order valence-corrected chi connectivity index (χ1v) is 4.81. The second kappa shape index (κ2) is 4.14. The zero-order chi connectivity index (χ0) is 11.5. The molecule has 0 aliphatic heterocycles. The molecule has 0 bridgehead atoms. The van der Waals surface area contributed by atoms with Crippen molar-refractivity contribution in [3.63, 3.8) is 0 Å². The van der Waals surface area contributed by atoms with Crippen LogP contribution in [0.3, 0.4) is 0 Å². The fourth-order valence-electron chi connectivity index (χ4n) is 1.52. The van der Waals surface area contributed by atoms with E-state index in [1.807, 2.05) is 30.1 Å². The van der Waals surface area contributed by atoms with E-state index in [-0.39, 0.29) is 6.42 Å². The Balaban J connectivity index is 2.43. The van der Waals surface area contributed by atoms with Gasteiger partial charge in [0.1, 0.15) is 0 Å². The summed E-state index contributed by atoms with van der Waals surface area (Å²) in [6.07, 6.45) is 6.72. The van der Waals surface area contributed by atoms with Gasteiger partial charge in [-0.05, 0) is 6.07 Å². The van der Waals surface area contributed by atoms with E-state index in [2.05, 4.69) is 9.97 Å². The summed E-state index contributed by atoms with van der Waals surface area (Å²) in [5, 5.41) is 8.77. The van der Waals surface area contributed by atoms with Gasteiger partial charge in [0.25, 0.3) is 0 Å². The van der Waals surface area contributed by atoms with Crippen LogP contribution in [0.5, 0.6) is 0 Å². The maximum absolute atomic E-state index is 10.7.